The van der Waals surface area contributed by atoms with Crippen molar-refractivity contribution in [3.63, 3.8) is 0 Å². The molecule has 0 heterocycles. The van der Waals surface area contributed by atoms with E-state index < -0.39 is 0 Å². The smallest absolute Gasteiger partial charge is 0.0402 e. The number of benzene rings is 2. The van der Waals surface area contributed by atoms with Gasteiger partial charge in [-0.25, -0.2) is 0 Å². The summed E-state index contributed by atoms with van der Waals surface area (Å²) in [6.07, 6.45) is 0. The third kappa shape index (κ3) is 66.8. The highest BCUT2D eigenvalue weighted by Crippen LogP contribution is 1.92. The molecule has 3 nitrogen and oxygen atoms in total. The van der Waals surface area contributed by atoms with E-state index in [1.54, 1.807) is 35.4 Å². The zero-order valence-electron chi connectivity index (χ0n) is 18.8. The maximum atomic E-state index is 7.57. The molecule has 2 aromatic carbocycles. The van der Waals surface area contributed by atoms with Crippen molar-refractivity contribution in [2.24, 2.45) is 0 Å². The van der Waals surface area contributed by atoms with Crippen LogP contribution in [0.5, 0.6) is 0 Å². The Morgan fingerprint density at radius 3 is 0.885 bits per heavy atom. The van der Waals surface area contributed by atoms with Gasteiger partial charge in [0.2, 0.25) is 0 Å². The fraction of sp³-hybridized carbons (Fsp3) is 0.478. The van der Waals surface area contributed by atoms with Gasteiger partial charge in [-0.1, -0.05) is 100.0 Å². The summed E-state index contributed by atoms with van der Waals surface area (Å²) in [4.78, 5) is 0. The highest BCUT2D eigenvalue weighted by Gasteiger charge is 1.72. The minimum atomic E-state index is 0.250. The molecule has 0 aromatic heterocycles. The number of hydrogen-bond donors (Lipinski definition) is 1. The van der Waals surface area contributed by atoms with Crippen LogP contribution < -0.4 is 0 Å². The van der Waals surface area contributed by atoms with E-state index in [-0.39, 0.29) is 6.61 Å². The van der Waals surface area contributed by atoms with Crippen LogP contribution in [0.4, 0.5) is 0 Å². The zero-order chi connectivity index (χ0) is 21.5. The van der Waals surface area contributed by atoms with Crippen molar-refractivity contribution in [1.29, 1.82) is 0 Å². The summed E-state index contributed by atoms with van der Waals surface area (Å²) in [7, 11) is 6.50. The number of ether oxygens (including phenoxy) is 2. The molecule has 154 valence electrons. The van der Waals surface area contributed by atoms with Gasteiger partial charge in [-0.05, 0) is 13.8 Å². The number of aliphatic hydroxyl groups excluding tert-OH is 1. The lowest BCUT2D eigenvalue weighted by Crippen LogP contribution is -1.62. The number of methoxy groups -OCH3 is 2. The van der Waals surface area contributed by atoms with Crippen LogP contribution in [0.25, 0.3) is 0 Å². The molecule has 0 aliphatic rings. The quantitative estimate of drug-likeness (QED) is 0.596. The minimum absolute atomic E-state index is 0.250. The van der Waals surface area contributed by atoms with Crippen molar-refractivity contribution >= 4 is 0 Å². The van der Waals surface area contributed by atoms with Crippen molar-refractivity contribution < 1.29 is 14.6 Å². The normalized spacial score (nSPS) is 6.73. The van der Waals surface area contributed by atoms with Gasteiger partial charge in [0.05, 0.1) is 0 Å². The lowest BCUT2D eigenvalue weighted by Gasteiger charge is -1.82. The van der Waals surface area contributed by atoms with Gasteiger partial charge >= 0.3 is 0 Å². The SMILES string of the molecule is CC.CC.CCO.COC.COC.Cc1ccccc1.c1ccccc1. The van der Waals surface area contributed by atoms with E-state index >= 15 is 0 Å². The molecule has 0 bridgehead atoms. The molecule has 1 N–H and O–H groups in total. The summed E-state index contributed by atoms with van der Waals surface area (Å²) in [5.74, 6) is 0. The Hall–Kier alpha value is -1.68. The van der Waals surface area contributed by atoms with Crippen LogP contribution in [0.2, 0.25) is 0 Å². The molecule has 0 unspecified atom stereocenters. The lowest BCUT2D eigenvalue weighted by atomic mass is 10.2. The van der Waals surface area contributed by atoms with E-state index in [1.165, 1.54) is 5.56 Å². The molecule has 0 atom stereocenters. The summed E-state index contributed by atoms with van der Waals surface area (Å²) < 4.78 is 8.50. The molecule has 0 aliphatic carbocycles. The maximum Gasteiger partial charge on any atom is 0.0402 e. The molecule has 0 saturated carbocycles. The van der Waals surface area contributed by atoms with Gasteiger partial charge in [0, 0.05) is 35.0 Å². The van der Waals surface area contributed by atoms with E-state index in [4.69, 9.17) is 5.11 Å². The minimum Gasteiger partial charge on any atom is -0.397 e. The highest BCUT2D eigenvalue weighted by molar-refractivity contribution is 5.11. The van der Waals surface area contributed by atoms with Crippen molar-refractivity contribution in [1.82, 2.24) is 0 Å². The summed E-state index contributed by atoms with van der Waals surface area (Å²) in [5.41, 5.74) is 1.32. The predicted molar refractivity (Wildman–Crippen MR) is 119 cm³/mol. The zero-order valence-corrected chi connectivity index (χ0v) is 18.8. The average Bonchev–Trinajstić information content (AvgIpc) is 2.69. The molecule has 3 heteroatoms. The highest BCUT2D eigenvalue weighted by atomic mass is 16.5. The second-order valence-electron chi connectivity index (χ2n) is 3.94. The van der Waals surface area contributed by atoms with Crippen LogP contribution in [-0.2, 0) is 9.47 Å². The van der Waals surface area contributed by atoms with Crippen LogP contribution in [0, 0.1) is 6.92 Å². The fourth-order valence-electron chi connectivity index (χ4n) is 0.919. The van der Waals surface area contributed by atoms with E-state index in [9.17, 15) is 0 Å². The molecule has 0 radical (unpaired) electrons. The Bertz CT molecular complexity index is 319. The molecule has 0 fully saturated rings. The van der Waals surface area contributed by atoms with Crippen molar-refractivity contribution in [2.75, 3.05) is 35.0 Å². The first-order chi connectivity index (χ1) is 12.6. The molecule has 0 amide bonds. The lowest BCUT2D eigenvalue weighted by molar-refractivity contribution is 0.277. The molecule has 26 heavy (non-hydrogen) atoms. The third-order valence-electron chi connectivity index (χ3n) is 1.61. The van der Waals surface area contributed by atoms with Gasteiger partial charge < -0.3 is 14.6 Å². The second-order valence-corrected chi connectivity index (χ2v) is 3.94. The van der Waals surface area contributed by atoms with E-state index in [2.05, 4.69) is 28.5 Å². The van der Waals surface area contributed by atoms with Crippen LogP contribution in [0.15, 0.2) is 66.7 Å². The molecular formula is C23H44O3. The number of aryl methyl sites for hydroxylation is 1. The monoisotopic (exact) mass is 368 g/mol. The molecule has 0 saturated heterocycles. The van der Waals surface area contributed by atoms with Crippen LogP contribution >= 0.6 is 0 Å². The Balaban J connectivity index is -0.0000000709. The van der Waals surface area contributed by atoms with Gasteiger partial charge in [-0.2, -0.15) is 0 Å². The van der Waals surface area contributed by atoms with Gasteiger partial charge in [0.1, 0.15) is 0 Å². The van der Waals surface area contributed by atoms with Crippen LogP contribution in [-0.4, -0.2) is 40.2 Å². The second kappa shape index (κ2) is 49.5. The van der Waals surface area contributed by atoms with Crippen LogP contribution in [0.1, 0.15) is 40.2 Å². The van der Waals surface area contributed by atoms with Gasteiger partial charge in [-0.3, -0.25) is 0 Å². The molecule has 2 aromatic rings. The standard InChI is InChI=1S/C7H8.C6H6.3C2H6O.2C2H6/c1-7-5-3-2-4-6-7;1-2-4-6-5-3-1;2*1-3-2;1-2-3;2*1-2/h2-6H,1H3;1-6H;2*1-2H3;3H,2H2,1H3;2*1-2H3. The van der Waals surface area contributed by atoms with E-state index in [0.29, 0.717) is 0 Å². The van der Waals surface area contributed by atoms with Crippen LogP contribution in [0.3, 0.4) is 0 Å². The maximum absolute atomic E-state index is 7.57. The molecule has 0 aliphatic heterocycles. The first kappa shape index (κ1) is 35.4. The Kier molecular flexibility index (Phi) is 67.5. The summed E-state index contributed by atoms with van der Waals surface area (Å²) in [6.45, 7) is 12.0. The summed E-state index contributed by atoms with van der Waals surface area (Å²) >= 11 is 0. The molecule has 2 rings (SSSR count). The number of rotatable bonds is 0. The Morgan fingerprint density at radius 2 is 0.769 bits per heavy atom. The van der Waals surface area contributed by atoms with Gasteiger partial charge in [0.15, 0.2) is 0 Å². The average molecular weight is 369 g/mol. The largest absolute Gasteiger partial charge is 0.397 e. The Morgan fingerprint density at radius 1 is 0.615 bits per heavy atom. The summed E-state index contributed by atoms with van der Waals surface area (Å²) in [6, 6.07) is 22.3. The first-order valence-corrected chi connectivity index (χ1v) is 9.07. The van der Waals surface area contributed by atoms with E-state index in [0.717, 1.165) is 0 Å². The van der Waals surface area contributed by atoms with Crippen molar-refractivity contribution in [2.45, 2.75) is 41.5 Å². The van der Waals surface area contributed by atoms with Gasteiger partial charge in [-0.15, -0.1) is 0 Å². The van der Waals surface area contributed by atoms with Gasteiger partial charge in [0.25, 0.3) is 0 Å². The van der Waals surface area contributed by atoms with Crippen molar-refractivity contribution in [3.8, 4) is 0 Å². The van der Waals surface area contributed by atoms with E-state index in [1.807, 2.05) is 82.3 Å². The molecular weight excluding hydrogens is 324 g/mol. The molecule has 0 spiro atoms. The predicted octanol–water partition coefficient (Wildman–Crippen LogP) is 6.26. The number of aliphatic hydroxyl groups is 1. The van der Waals surface area contributed by atoms with Crippen molar-refractivity contribution in [3.05, 3.63) is 72.3 Å². The topological polar surface area (TPSA) is 38.7 Å². The fourth-order valence-corrected chi connectivity index (χ4v) is 0.919. The third-order valence-corrected chi connectivity index (χ3v) is 1.61. The summed E-state index contributed by atoms with van der Waals surface area (Å²) in [5, 5.41) is 7.57. The Labute approximate surface area is 164 Å². The number of hydrogen-bond acceptors (Lipinski definition) is 3. The first-order valence-electron chi connectivity index (χ1n) is 9.07.